The largest absolute Gasteiger partial charge is 0.467 e. The van der Waals surface area contributed by atoms with Gasteiger partial charge in [-0.05, 0) is 36.4 Å². The molecule has 1 aromatic heterocycles. The summed E-state index contributed by atoms with van der Waals surface area (Å²) in [4.78, 5) is 36.2. The molecule has 0 saturated heterocycles. The summed E-state index contributed by atoms with van der Waals surface area (Å²) >= 11 is 0. The van der Waals surface area contributed by atoms with Crippen LogP contribution in [0, 0.1) is 0 Å². The first-order valence-electron chi connectivity index (χ1n) is 7.40. The molecule has 0 aliphatic heterocycles. The number of nitrogens with zero attached hydrogens (tertiary/aromatic N) is 1. The van der Waals surface area contributed by atoms with Gasteiger partial charge >= 0.3 is 0 Å². The van der Waals surface area contributed by atoms with E-state index < -0.39 is 0 Å². The zero-order chi connectivity index (χ0) is 17.5. The molecule has 0 unspecified atom stereocenters. The maximum absolute atomic E-state index is 12.0. The molecule has 0 aliphatic rings. The van der Waals surface area contributed by atoms with E-state index in [0.29, 0.717) is 17.1 Å². The van der Waals surface area contributed by atoms with Crippen LogP contribution in [0.4, 0.5) is 11.4 Å². The highest BCUT2D eigenvalue weighted by Crippen LogP contribution is 2.18. The number of carbonyl (C=O) groups excluding carboxylic acids is 3. The minimum atomic E-state index is -0.299. The highest BCUT2D eigenvalue weighted by Gasteiger charge is 2.16. The Labute approximate surface area is 139 Å². The van der Waals surface area contributed by atoms with E-state index in [4.69, 9.17) is 4.42 Å². The fraction of sp³-hybridized carbons (Fsp3) is 0.235. The lowest BCUT2D eigenvalue weighted by atomic mass is 10.2. The number of rotatable bonds is 6. The second-order valence-electron chi connectivity index (χ2n) is 5.19. The van der Waals surface area contributed by atoms with E-state index in [1.807, 2.05) is 0 Å². The van der Waals surface area contributed by atoms with E-state index in [1.54, 1.807) is 36.4 Å². The van der Waals surface area contributed by atoms with Gasteiger partial charge in [-0.2, -0.15) is 0 Å². The summed E-state index contributed by atoms with van der Waals surface area (Å²) < 4.78 is 5.14. The lowest BCUT2D eigenvalue weighted by Gasteiger charge is -2.21. The zero-order valence-electron chi connectivity index (χ0n) is 13.5. The Morgan fingerprint density at radius 3 is 2.33 bits per heavy atom. The topological polar surface area (TPSA) is 91.7 Å². The number of hydrogen-bond donors (Lipinski definition) is 2. The van der Waals surface area contributed by atoms with Gasteiger partial charge in [-0.25, -0.2) is 0 Å². The standard InChI is InChI=1S/C17H19N3O4/c1-12(21)19-14-5-7-15(8-6-14)20(13(2)22)11-17(23)18-10-16-4-3-9-24-16/h3-9H,10-11H2,1-2H3,(H,18,23)(H,19,21). The van der Waals surface area contributed by atoms with E-state index in [9.17, 15) is 14.4 Å². The van der Waals surface area contributed by atoms with Gasteiger partial charge in [-0.3, -0.25) is 14.4 Å². The van der Waals surface area contributed by atoms with Crippen LogP contribution in [0.5, 0.6) is 0 Å². The third-order valence-corrected chi connectivity index (χ3v) is 3.22. The molecule has 0 atom stereocenters. The number of benzene rings is 1. The molecule has 3 amide bonds. The lowest BCUT2D eigenvalue weighted by Crippen LogP contribution is -2.39. The molecular weight excluding hydrogens is 310 g/mol. The predicted octanol–water partition coefficient (Wildman–Crippen LogP) is 1.91. The quantitative estimate of drug-likeness (QED) is 0.847. The van der Waals surface area contributed by atoms with Gasteiger partial charge in [0, 0.05) is 25.2 Å². The van der Waals surface area contributed by atoms with E-state index in [1.165, 1.54) is 25.0 Å². The molecule has 7 nitrogen and oxygen atoms in total. The van der Waals surface area contributed by atoms with Crippen molar-refractivity contribution in [2.24, 2.45) is 0 Å². The second-order valence-corrected chi connectivity index (χ2v) is 5.19. The number of furan rings is 1. The summed E-state index contributed by atoms with van der Waals surface area (Å²) in [7, 11) is 0. The van der Waals surface area contributed by atoms with Crippen molar-refractivity contribution >= 4 is 29.1 Å². The highest BCUT2D eigenvalue weighted by atomic mass is 16.3. The van der Waals surface area contributed by atoms with Crippen molar-refractivity contribution in [1.82, 2.24) is 5.32 Å². The summed E-state index contributed by atoms with van der Waals surface area (Å²) in [5.41, 5.74) is 1.20. The van der Waals surface area contributed by atoms with Crippen LogP contribution < -0.4 is 15.5 Å². The van der Waals surface area contributed by atoms with Gasteiger partial charge in [0.25, 0.3) is 0 Å². The third kappa shape index (κ3) is 4.98. The van der Waals surface area contributed by atoms with Crippen molar-refractivity contribution in [3.63, 3.8) is 0 Å². The smallest absolute Gasteiger partial charge is 0.240 e. The van der Waals surface area contributed by atoms with Gasteiger partial charge in [-0.15, -0.1) is 0 Å². The Balaban J connectivity index is 1.99. The number of carbonyl (C=O) groups is 3. The van der Waals surface area contributed by atoms with Gasteiger partial charge in [0.05, 0.1) is 12.8 Å². The lowest BCUT2D eigenvalue weighted by molar-refractivity contribution is -0.123. The second kappa shape index (κ2) is 7.96. The Bertz CT molecular complexity index is 708. The van der Waals surface area contributed by atoms with Crippen LogP contribution in [-0.4, -0.2) is 24.3 Å². The van der Waals surface area contributed by atoms with E-state index >= 15 is 0 Å². The van der Waals surface area contributed by atoms with Crippen LogP contribution in [0.1, 0.15) is 19.6 Å². The number of hydrogen-bond acceptors (Lipinski definition) is 4. The van der Waals surface area contributed by atoms with Crippen LogP contribution in [0.15, 0.2) is 47.1 Å². The van der Waals surface area contributed by atoms with Gasteiger partial charge in [0.2, 0.25) is 17.7 Å². The predicted molar refractivity (Wildman–Crippen MR) is 89.3 cm³/mol. The molecule has 2 aromatic rings. The summed E-state index contributed by atoms with van der Waals surface area (Å²) in [6, 6.07) is 10.2. The van der Waals surface area contributed by atoms with Crippen molar-refractivity contribution in [2.45, 2.75) is 20.4 Å². The van der Waals surface area contributed by atoms with Crippen LogP contribution in [0.3, 0.4) is 0 Å². The third-order valence-electron chi connectivity index (χ3n) is 3.22. The average Bonchev–Trinajstić information content (AvgIpc) is 3.04. The SMILES string of the molecule is CC(=O)Nc1ccc(N(CC(=O)NCc2ccco2)C(C)=O)cc1. The molecule has 0 radical (unpaired) electrons. The molecule has 1 aromatic carbocycles. The number of amides is 3. The van der Waals surface area contributed by atoms with E-state index in [-0.39, 0.29) is 30.8 Å². The summed E-state index contributed by atoms with van der Waals surface area (Å²) in [6.45, 7) is 2.97. The van der Waals surface area contributed by atoms with Gasteiger partial charge in [0.15, 0.2) is 0 Å². The minimum absolute atomic E-state index is 0.102. The van der Waals surface area contributed by atoms with Gasteiger partial charge < -0.3 is 20.0 Å². The molecule has 24 heavy (non-hydrogen) atoms. The highest BCUT2D eigenvalue weighted by molar-refractivity contribution is 5.97. The fourth-order valence-corrected chi connectivity index (χ4v) is 2.11. The molecule has 126 valence electrons. The fourth-order valence-electron chi connectivity index (χ4n) is 2.11. The normalized spacial score (nSPS) is 10.1. The monoisotopic (exact) mass is 329 g/mol. The van der Waals surface area contributed by atoms with E-state index in [0.717, 1.165) is 0 Å². The Morgan fingerprint density at radius 2 is 1.79 bits per heavy atom. The minimum Gasteiger partial charge on any atom is -0.467 e. The zero-order valence-corrected chi connectivity index (χ0v) is 13.5. The van der Waals surface area contributed by atoms with Crippen molar-refractivity contribution < 1.29 is 18.8 Å². The number of anilines is 2. The van der Waals surface area contributed by atoms with E-state index in [2.05, 4.69) is 10.6 Å². The van der Waals surface area contributed by atoms with Crippen molar-refractivity contribution in [1.29, 1.82) is 0 Å². The van der Waals surface area contributed by atoms with Crippen LogP contribution >= 0.6 is 0 Å². The molecule has 0 bridgehead atoms. The molecule has 0 aliphatic carbocycles. The Hall–Kier alpha value is -3.09. The summed E-state index contributed by atoms with van der Waals surface area (Å²) in [5, 5.41) is 5.34. The van der Waals surface area contributed by atoms with Crippen molar-refractivity contribution in [3.8, 4) is 0 Å². The first-order valence-corrected chi connectivity index (χ1v) is 7.40. The Kier molecular flexibility index (Phi) is 5.73. The van der Waals surface area contributed by atoms with Crippen molar-refractivity contribution in [2.75, 3.05) is 16.8 Å². The molecular formula is C17H19N3O4. The number of nitrogens with one attached hydrogen (secondary N) is 2. The van der Waals surface area contributed by atoms with Crippen LogP contribution in [0.2, 0.25) is 0 Å². The molecule has 1 heterocycles. The molecule has 2 rings (SSSR count). The molecule has 0 saturated carbocycles. The Morgan fingerprint density at radius 1 is 1.08 bits per heavy atom. The first kappa shape index (κ1) is 17.3. The van der Waals surface area contributed by atoms with Crippen LogP contribution in [0.25, 0.3) is 0 Å². The van der Waals surface area contributed by atoms with Crippen molar-refractivity contribution in [3.05, 3.63) is 48.4 Å². The molecule has 7 heteroatoms. The molecule has 0 fully saturated rings. The first-order chi connectivity index (χ1) is 11.5. The maximum atomic E-state index is 12.0. The average molecular weight is 329 g/mol. The summed E-state index contributed by atoms with van der Waals surface area (Å²) in [6.07, 6.45) is 1.53. The maximum Gasteiger partial charge on any atom is 0.240 e. The summed E-state index contributed by atoms with van der Waals surface area (Å²) in [5.74, 6) is -0.0937. The van der Waals surface area contributed by atoms with Gasteiger partial charge in [0.1, 0.15) is 12.3 Å². The molecule has 0 spiro atoms. The van der Waals surface area contributed by atoms with Crippen LogP contribution in [-0.2, 0) is 20.9 Å². The molecule has 2 N–H and O–H groups in total. The van der Waals surface area contributed by atoms with Gasteiger partial charge in [-0.1, -0.05) is 0 Å².